The van der Waals surface area contributed by atoms with E-state index in [0.29, 0.717) is 16.5 Å². The van der Waals surface area contributed by atoms with Gasteiger partial charge in [0.05, 0.1) is 12.7 Å². The first-order valence-corrected chi connectivity index (χ1v) is 7.99. The molecule has 3 rings (SSSR count). The summed E-state index contributed by atoms with van der Waals surface area (Å²) in [6.45, 7) is 0. The minimum absolute atomic E-state index is 0.477. The molecule has 1 aliphatic rings. The molecule has 1 aromatic carbocycles. The molecular formula is C17H16N2O2S. The van der Waals surface area contributed by atoms with Crippen LogP contribution in [0.15, 0.2) is 30.3 Å². The van der Waals surface area contributed by atoms with Crippen LogP contribution in [0, 0.1) is 11.3 Å². The highest BCUT2D eigenvalue weighted by molar-refractivity contribution is 7.16. The predicted octanol–water partition coefficient (Wildman–Crippen LogP) is 4.07. The molecule has 0 saturated heterocycles. The number of methoxy groups -OCH3 is 1. The summed E-state index contributed by atoms with van der Waals surface area (Å²) in [7, 11) is 1.32. The molecule has 1 aliphatic carbocycles. The van der Waals surface area contributed by atoms with E-state index in [1.165, 1.54) is 28.9 Å². The number of carbonyl (C=O) groups excluding carboxylic acids is 1. The van der Waals surface area contributed by atoms with Gasteiger partial charge in [-0.05, 0) is 36.3 Å². The number of ether oxygens (including phenoxy) is 1. The normalized spacial score (nSPS) is 16.5. The van der Waals surface area contributed by atoms with E-state index in [4.69, 9.17) is 0 Å². The lowest BCUT2D eigenvalue weighted by atomic mass is 9.83. The number of benzene rings is 1. The van der Waals surface area contributed by atoms with Crippen LogP contribution in [0.25, 0.3) is 0 Å². The Morgan fingerprint density at radius 1 is 1.41 bits per heavy atom. The number of hydrogen-bond donors (Lipinski definition) is 1. The summed E-state index contributed by atoms with van der Waals surface area (Å²) in [4.78, 5) is 12.6. The molecule has 112 valence electrons. The molecule has 1 aromatic heterocycles. The molecule has 0 radical (unpaired) electrons. The lowest BCUT2D eigenvalue weighted by molar-refractivity contribution is 0.187. The van der Waals surface area contributed by atoms with Crippen LogP contribution in [-0.2, 0) is 17.6 Å². The third-order valence-electron chi connectivity index (χ3n) is 4.05. The van der Waals surface area contributed by atoms with Gasteiger partial charge in [0, 0.05) is 4.88 Å². The van der Waals surface area contributed by atoms with Crippen LogP contribution in [0.3, 0.4) is 0 Å². The third kappa shape index (κ3) is 2.70. The molecule has 1 heterocycles. The zero-order valence-electron chi connectivity index (χ0n) is 12.3. The maximum absolute atomic E-state index is 11.4. The number of hydrogen-bond acceptors (Lipinski definition) is 4. The average molecular weight is 312 g/mol. The first kappa shape index (κ1) is 14.6. The standard InChI is InChI=1S/C17H16N2O2S/c1-21-17(20)19-16-14(10-18)13-8-7-12(9-15(13)22-16)11-5-3-2-4-6-11/h2-6,12H,7-9H2,1H3,(H,19,20). The van der Waals surface area contributed by atoms with E-state index in [1.807, 2.05) is 6.07 Å². The van der Waals surface area contributed by atoms with Gasteiger partial charge in [-0.25, -0.2) is 4.79 Å². The van der Waals surface area contributed by atoms with Gasteiger partial charge in [0.25, 0.3) is 0 Å². The molecule has 5 heteroatoms. The van der Waals surface area contributed by atoms with Crippen molar-refractivity contribution in [1.29, 1.82) is 5.26 Å². The molecule has 0 bridgehead atoms. The molecule has 0 fully saturated rings. The van der Waals surface area contributed by atoms with Gasteiger partial charge in [-0.15, -0.1) is 11.3 Å². The van der Waals surface area contributed by atoms with Gasteiger partial charge in [-0.1, -0.05) is 30.3 Å². The maximum atomic E-state index is 11.4. The third-order valence-corrected chi connectivity index (χ3v) is 5.22. The summed E-state index contributed by atoms with van der Waals surface area (Å²) < 4.78 is 4.62. The fraction of sp³-hybridized carbons (Fsp3) is 0.294. The molecule has 1 unspecified atom stereocenters. The Morgan fingerprint density at radius 3 is 2.86 bits per heavy atom. The lowest BCUT2D eigenvalue weighted by Crippen LogP contribution is -2.12. The summed E-state index contributed by atoms with van der Waals surface area (Å²) >= 11 is 1.49. The summed E-state index contributed by atoms with van der Waals surface area (Å²) in [5.74, 6) is 0.477. The highest BCUT2D eigenvalue weighted by Gasteiger charge is 2.27. The summed E-state index contributed by atoms with van der Waals surface area (Å²) in [5, 5.41) is 12.7. The maximum Gasteiger partial charge on any atom is 0.411 e. The van der Waals surface area contributed by atoms with Crippen molar-refractivity contribution < 1.29 is 9.53 Å². The highest BCUT2D eigenvalue weighted by Crippen LogP contribution is 2.42. The molecule has 0 spiro atoms. The van der Waals surface area contributed by atoms with Crippen molar-refractivity contribution in [3.63, 3.8) is 0 Å². The summed E-state index contributed by atoms with van der Waals surface area (Å²) in [6.07, 6.45) is 2.29. The fourth-order valence-electron chi connectivity index (χ4n) is 2.95. The van der Waals surface area contributed by atoms with Crippen LogP contribution in [-0.4, -0.2) is 13.2 Å². The van der Waals surface area contributed by atoms with Crippen LogP contribution in [0.2, 0.25) is 0 Å². The van der Waals surface area contributed by atoms with Crippen LogP contribution < -0.4 is 5.32 Å². The topological polar surface area (TPSA) is 62.1 Å². The van der Waals surface area contributed by atoms with Gasteiger partial charge in [-0.3, -0.25) is 5.32 Å². The van der Waals surface area contributed by atoms with Crippen molar-refractivity contribution in [3.05, 3.63) is 51.9 Å². The number of carbonyl (C=O) groups is 1. The highest BCUT2D eigenvalue weighted by atomic mass is 32.1. The second-order valence-corrected chi connectivity index (χ2v) is 6.39. The number of nitrogens with one attached hydrogen (secondary N) is 1. The second kappa shape index (κ2) is 6.20. The predicted molar refractivity (Wildman–Crippen MR) is 86.3 cm³/mol. The second-order valence-electron chi connectivity index (χ2n) is 5.29. The first-order valence-electron chi connectivity index (χ1n) is 7.17. The average Bonchev–Trinajstić information content (AvgIpc) is 2.91. The zero-order chi connectivity index (χ0) is 15.5. The number of rotatable bonds is 2. The van der Waals surface area contributed by atoms with Crippen molar-refractivity contribution in [2.75, 3.05) is 12.4 Å². The molecule has 1 N–H and O–H groups in total. The Bertz CT molecular complexity index is 731. The monoisotopic (exact) mass is 312 g/mol. The van der Waals surface area contributed by atoms with E-state index >= 15 is 0 Å². The Morgan fingerprint density at radius 2 is 2.18 bits per heavy atom. The number of nitriles is 1. The quantitative estimate of drug-likeness (QED) is 0.909. The van der Waals surface area contributed by atoms with Crippen LogP contribution in [0.4, 0.5) is 9.80 Å². The number of anilines is 1. The number of nitrogens with zero attached hydrogens (tertiary/aromatic N) is 1. The molecule has 22 heavy (non-hydrogen) atoms. The molecule has 0 aliphatic heterocycles. The molecule has 4 nitrogen and oxygen atoms in total. The van der Waals surface area contributed by atoms with Crippen LogP contribution in [0.1, 0.15) is 33.9 Å². The SMILES string of the molecule is COC(=O)Nc1sc2c(c1C#N)CCC(c1ccccc1)C2. The number of amides is 1. The Balaban J connectivity index is 1.89. The largest absolute Gasteiger partial charge is 0.453 e. The first-order chi connectivity index (χ1) is 10.7. The summed E-state index contributed by atoms with van der Waals surface area (Å²) in [5.41, 5.74) is 3.02. The lowest BCUT2D eigenvalue weighted by Gasteiger charge is -2.22. The van der Waals surface area contributed by atoms with E-state index in [9.17, 15) is 10.1 Å². The van der Waals surface area contributed by atoms with Crippen molar-refractivity contribution in [3.8, 4) is 6.07 Å². The zero-order valence-corrected chi connectivity index (χ0v) is 13.1. The van der Waals surface area contributed by atoms with Gasteiger partial charge in [0.15, 0.2) is 0 Å². The van der Waals surface area contributed by atoms with Gasteiger partial charge in [0.1, 0.15) is 11.1 Å². The Labute approximate surface area is 133 Å². The van der Waals surface area contributed by atoms with Gasteiger partial charge >= 0.3 is 6.09 Å². The van der Waals surface area contributed by atoms with Crippen molar-refractivity contribution >= 4 is 22.4 Å². The molecular weight excluding hydrogens is 296 g/mol. The minimum atomic E-state index is -0.533. The van der Waals surface area contributed by atoms with Crippen molar-refractivity contribution in [1.82, 2.24) is 0 Å². The van der Waals surface area contributed by atoms with Crippen LogP contribution >= 0.6 is 11.3 Å². The Hall–Kier alpha value is -2.32. The number of thiophene rings is 1. The van der Waals surface area contributed by atoms with E-state index in [-0.39, 0.29) is 0 Å². The molecule has 1 amide bonds. The van der Waals surface area contributed by atoms with E-state index in [2.05, 4.69) is 40.4 Å². The van der Waals surface area contributed by atoms with E-state index < -0.39 is 6.09 Å². The van der Waals surface area contributed by atoms with Crippen molar-refractivity contribution in [2.24, 2.45) is 0 Å². The minimum Gasteiger partial charge on any atom is -0.453 e. The molecule has 2 aromatic rings. The smallest absolute Gasteiger partial charge is 0.411 e. The van der Waals surface area contributed by atoms with Crippen molar-refractivity contribution in [2.45, 2.75) is 25.2 Å². The van der Waals surface area contributed by atoms with Gasteiger partial charge in [0.2, 0.25) is 0 Å². The Kier molecular flexibility index (Phi) is 4.12. The van der Waals surface area contributed by atoms with Crippen LogP contribution in [0.5, 0.6) is 0 Å². The molecule has 0 saturated carbocycles. The fourth-order valence-corrected chi connectivity index (χ4v) is 4.21. The van der Waals surface area contributed by atoms with Gasteiger partial charge in [-0.2, -0.15) is 5.26 Å². The number of fused-ring (bicyclic) bond motifs is 1. The molecule has 1 atom stereocenters. The summed E-state index contributed by atoms with van der Waals surface area (Å²) in [6, 6.07) is 12.7. The van der Waals surface area contributed by atoms with E-state index in [0.717, 1.165) is 24.8 Å². The van der Waals surface area contributed by atoms with E-state index in [1.54, 1.807) is 0 Å². The van der Waals surface area contributed by atoms with Gasteiger partial charge < -0.3 is 4.74 Å².